The summed E-state index contributed by atoms with van der Waals surface area (Å²) in [7, 11) is 1.57. The highest BCUT2D eigenvalue weighted by atomic mass is 32.2. The van der Waals surface area contributed by atoms with Crippen molar-refractivity contribution in [1.82, 2.24) is 0 Å². The van der Waals surface area contributed by atoms with E-state index in [0.29, 0.717) is 11.7 Å². The van der Waals surface area contributed by atoms with Gasteiger partial charge in [-0.1, -0.05) is 6.92 Å². The highest BCUT2D eigenvalue weighted by Gasteiger charge is 2.09. The molecule has 0 bridgehead atoms. The Morgan fingerprint density at radius 1 is 1.56 bits per heavy atom. The van der Waals surface area contributed by atoms with Gasteiger partial charge in [-0.3, -0.25) is 0 Å². The summed E-state index contributed by atoms with van der Waals surface area (Å²) in [6.45, 7) is 2.04. The van der Waals surface area contributed by atoms with Gasteiger partial charge in [0.1, 0.15) is 17.0 Å². The van der Waals surface area contributed by atoms with Crippen LogP contribution in [0.3, 0.4) is 0 Å². The van der Waals surface area contributed by atoms with E-state index < -0.39 is 0 Å². The molecule has 86 valence electrons. The summed E-state index contributed by atoms with van der Waals surface area (Å²) in [5.41, 5.74) is 0.855. The monoisotopic (exact) mass is 239 g/mol. The first-order valence-electron chi connectivity index (χ1n) is 5.00. The number of methoxy groups -OCH3 is 1. The summed E-state index contributed by atoms with van der Waals surface area (Å²) in [4.78, 5) is 0. The van der Waals surface area contributed by atoms with E-state index in [0.717, 1.165) is 17.7 Å². The van der Waals surface area contributed by atoms with E-state index in [9.17, 15) is 4.39 Å². The molecule has 0 aliphatic carbocycles. The number of nitrogens with zero attached hydrogens (tertiary/aromatic N) is 1. The van der Waals surface area contributed by atoms with Gasteiger partial charge in [-0.15, -0.1) is 0 Å². The first-order chi connectivity index (χ1) is 7.67. The molecule has 0 aliphatic heterocycles. The molecule has 0 saturated carbocycles. The second-order valence-corrected chi connectivity index (χ2v) is 4.47. The lowest BCUT2D eigenvalue weighted by atomic mass is 10.0. The summed E-state index contributed by atoms with van der Waals surface area (Å²) < 4.78 is 18.2. The zero-order valence-corrected chi connectivity index (χ0v) is 10.2. The number of thioether (sulfide) groups is 1. The highest BCUT2D eigenvalue weighted by molar-refractivity contribution is 8.03. The quantitative estimate of drug-likeness (QED) is 0.740. The maximum Gasteiger partial charge on any atom is 0.133 e. The van der Waals surface area contributed by atoms with Crippen molar-refractivity contribution in [3.63, 3.8) is 0 Å². The molecular formula is C12H14FNOS. The molecule has 0 spiro atoms. The second-order valence-electron chi connectivity index (χ2n) is 3.67. The van der Waals surface area contributed by atoms with Crippen LogP contribution in [0.2, 0.25) is 0 Å². The predicted octanol–water partition coefficient (Wildman–Crippen LogP) is 3.23. The van der Waals surface area contributed by atoms with Crippen LogP contribution in [0.1, 0.15) is 12.5 Å². The van der Waals surface area contributed by atoms with Crippen molar-refractivity contribution in [2.24, 2.45) is 5.92 Å². The Labute approximate surface area is 99.4 Å². The van der Waals surface area contributed by atoms with Gasteiger partial charge in [0.25, 0.3) is 0 Å². The second kappa shape index (κ2) is 6.39. The Balaban J connectivity index is 2.71. The zero-order chi connectivity index (χ0) is 12.0. The van der Waals surface area contributed by atoms with Crippen molar-refractivity contribution < 1.29 is 9.13 Å². The van der Waals surface area contributed by atoms with Crippen LogP contribution in [-0.2, 0) is 6.42 Å². The number of hydrogen-bond donors (Lipinski definition) is 0. The van der Waals surface area contributed by atoms with Gasteiger partial charge >= 0.3 is 0 Å². The molecule has 0 amide bonds. The largest absolute Gasteiger partial charge is 0.496 e. The van der Waals surface area contributed by atoms with E-state index in [1.54, 1.807) is 13.2 Å². The molecule has 0 aliphatic rings. The van der Waals surface area contributed by atoms with Gasteiger partial charge in [0.05, 0.1) is 7.11 Å². The van der Waals surface area contributed by atoms with Crippen LogP contribution in [0.5, 0.6) is 5.75 Å². The lowest BCUT2D eigenvalue weighted by molar-refractivity contribution is 0.405. The fourth-order valence-corrected chi connectivity index (χ4v) is 2.00. The van der Waals surface area contributed by atoms with E-state index in [1.807, 2.05) is 12.3 Å². The third-order valence-corrected chi connectivity index (χ3v) is 3.11. The molecular weight excluding hydrogens is 225 g/mol. The molecule has 0 N–H and O–H groups in total. The minimum Gasteiger partial charge on any atom is -0.496 e. The van der Waals surface area contributed by atoms with E-state index in [-0.39, 0.29) is 5.82 Å². The van der Waals surface area contributed by atoms with Gasteiger partial charge in [0.2, 0.25) is 0 Å². The summed E-state index contributed by atoms with van der Waals surface area (Å²) in [6, 6.07) is 4.51. The number of rotatable bonds is 5. The number of nitriles is 1. The Kier molecular flexibility index (Phi) is 5.13. The molecule has 0 aromatic heterocycles. The molecule has 0 radical (unpaired) electrons. The Bertz CT molecular complexity index is 389. The van der Waals surface area contributed by atoms with Crippen LogP contribution < -0.4 is 4.74 Å². The first kappa shape index (κ1) is 12.9. The maximum absolute atomic E-state index is 13.1. The third-order valence-electron chi connectivity index (χ3n) is 2.24. The van der Waals surface area contributed by atoms with Gasteiger partial charge < -0.3 is 4.74 Å². The summed E-state index contributed by atoms with van der Waals surface area (Å²) in [6.07, 6.45) is 0.718. The molecule has 16 heavy (non-hydrogen) atoms. The fraction of sp³-hybridized carbons (Fsp3) is 0.417. The van der Waals surface area contributed by atoms with Crippen LogP contribution in [0.25, 0.3) is 0 Å². The predicted molar refractivity (Wildman–Crippen MR) is 63.9 cm³/mol. The number of ether oxygens (including phenoxy) is 1. The van der Waals surface area contributed by atoms with Gasteiger partial charge in [-0.05, 0) is 47.9 Å². The maximum atomic E-state index is 13.1. The normalized spacial score (nSPS) is 11.9. The minimum absolute atomic E-state index is 0.254. The van der Waals surface area contributed by atoms with Crippen LogP contribution in [0, 0.1) is 22.4 Å². The lowest BCUT2D eigenvalue weighted by Crippen LogP contribution is -2.04. The Morgan fingerprint density at radius 2 is 2.31 bits per heavy atom. The highest BCUT2D eigenvalue weighted by Crippen LogP contribution is 2.23. The van der Waals surface area contributed by atoms with Crippen LogP contribution >= 0.6 is 11.8 Å². The average Bonchev–Trinajstić information content (AvgIpc) is 2.27. The molecule has 1 unspecified atom stereocenters. The number of halogens is 1. The summed E-state index contributed by atoms with van der Waals surface area (Å²) in [5, 5.41) is 10.5. The van der Waals surface area contributed by atoms with Crippen LogP contribution in [0.15, 0.2) is 18.2 Å². The first-order valence-corrected chi connectivity index (χ1v) is 5.99. The van der Waals surface area contributed by atoms with Crippen LogP contribution in [0.4, 0.5) is 4.39 Å². The van der Waals surface area contributed by atoms with E-state index >= 15 is 0 Å². The number of thiocyanates is 1. The van der Waals surface area contributed by atoms with E-state index in [4.69, 9.17) is 10.00 Å². The molecule has 4 heteroatoms. The average molecular weight is 239 g/mol. The van der Waals surface area contributed by atoms with E-state index in [1.165, 1.54) is 23.9 Å². The molecule has 1 rings (SSSR count). The molecule has 1 atom stereocenters. The minimum atomic E-state index is -0.254. The van der Waals surface area contributed by atoms with Gasteiger partial charge in [0.15, 0.2) is 0 Å². The lowest BCUT2D eigenvalue weighted by Gasteiger charge is -2.12. The molecule has 1 aromatic rings. The number of hydrogen-bond acceptors (Lipinski definition) is 3. The molecule has 0 heterocycles. The smallest absolute Gasteiger partial charge is 0.133 e. The van der Waals surface area contributed by atoms with Crippen molar-refractivity contribution in [2.45, 2.75) is 13.3 Å². The summed E-state index contributed by atoms with van der Waals surface area (Å²) in [5.74, 6) is 1.52. The summed E-state index contributed by atoms with van der Waals surface area (Å²) >= 11 is 1.22. The number of benzene rings is 1. The molecule has 1 aromatic carbocycles. The van der Waals surface area contributed by atoms with Gasteiger partial charge in [-0.25, -0.2) is 4.39 Å². The fourth-order valence-electron chi connectivity index (χ4n) is 1.52. The van der Waals surface area contributed by atoms with Crippen molar-refractivity contribution in [2.75, 3.05) is 12.9 Å². The standard InChI is InChI=1S/C12H14FNOS/c1-9(7-16-8-14)5-10-6-11(13)3-4-12(10)15-2/h3-4,6,9H,5,7H2,1-2H3. The van der Waals surface area contributed by atoms with E-state index in [2.05, 4.69) is 0 Å². The molecule has 2 nitrogen and oxygen atoms in total. The van der Waals surface area contributed by atoms with Crippen molar-refractivity contribution in [3.8, 4) is 11.2 Å². The van der Waals surface area contributed by atoms with Gasteiger partial charge in [0, 0.05) is 5.75 Å². The molecule has 0 fully saturated rings. The Morgan fingerprint density at radius 3 is 2.94 bits per heavy atom. The van der Waals surface area contributed by atoms with Crippen molar-refractivity contribution in [3.05, 3.63) is 29.6 Å². The van der Waals surface area contributed by atoms with Crippen molar-refractivity contribution >= 4 is 11.8 Å². The topological polar surface area (TPSA) is 33.0 Å². The van der Waals surface area contributed by atoms with Crippen molar-refractivity contribution in [1.29, 1.82) is 5.26 Å². The molecule has 0 saturated heterocycles. The SMILES string of the molecule is COc1ccc(F)cc1CC(C)CSC#N. The third kappa shape index (κ3) is 3.74. The van der Waals surface area contributed by atoms with Gasteiger partial charge in [-0.2, -0.15) is 5.26 Å². The Hall–Kier alpha value is -1.21. The zero-order valence-electron chi connectivity index (χ0n) is 9.37. The van der Waals surface area contributed by atoms with Crippen LogP contribution in [-0.4, -0.2) is 12.9 Å².